The first-order chi connectivity index (χ1) is 9.14. The summed E-state index contributed by atoms with van der Waals surface area (Å²) in [5.41, 5.74) is -0.199. The van der Waals surface area contributed by atoms with Crippen LogP contribution in [-0.2, 0) is 14.3 Å². The van der Waals surface area contributed by atoms with Crippen LogP contribution in [-0.4, -0.2) is 51.3 Å². The molecule has 0 amide bonds. The van der Waals surface area contributed by atoms with Gasteiger partial charge < -0.3 is 14.4 Å². The second-order valence-electron chi connectivity index (χ2n) is 6.68. The molecule has 4 heteroatoms. The van der Waals surface area contributed by atoms with E-state index in [1.165, 1.54) is 26.5 Å². The van der Waals surface area contributed by atoms with E-state index in [2.05, 4.69) is 11.9 Å². The van der Waals surface area contributed by atoms with E-state index in [0.29, 0.717) is 5.92 Å². The normalized spacial score (nSPS) is 33.1. The lowest BCUT2D eigenvalue weighted by Gasteiger charge is -2.62. The van der Waals surface area contributed by atoms with Gasteiger partial charge in [-0.1, -0.05) is 6.42 Å². The summed E-state index contributed by atoms with van der Waals surface area (Å²) in [5.74, 6) is 0.592. The molecule has 1 aliphatic carbocycles. The maximum absolute atomic E-state index is 12.4. The van der Waals surface area contributed by atoms with Gasteiger partial charge in [0.15, 0.2) is 0 Å². The highest BCUT2D eigenvalue weighted by Crippen LogP contribution is 2.62. The molecule has 1 atom stereocenters. The minimum Gasteiger partial charge on any atom is -0.469 e. The van der Waals surface area contributed by atoms with Crippen molar-refractivity contribution >= 4 is 5.97 Å². The molecule has 0 bridgehead atoms. The van der Waals surface area contributed by atoms with Crippen LogP contribution in [0, 0.1) is 16.7 Å². The number of hydrogen-bond donors (Lipinski definition) is 0. The number of rotatable bonds is 3. The van der Waals surface area contributed by atoms with Crippen molar-refractivity contribution in [2.75, 3.05) is 40.5 Å². The van der Waals surface area contributed by atoms with Crippen LogP contribution < -0.4 is 0 Å². The molecular weight excluding hydrogens is 242 g/mol. The standard InChI is InChI=1S/C15H25NO3/c1-16-8-3-5-12(9-16)15(10-19-11-15)14(6-4-7-14)13(17)18-2/h12H,3-11H2,1-2H3. The van der Waals surface area contributed by atoms with Gasteiger partial charge in [0.1, 0.15) is 0 Å². The Morgan fingerprint density at radius 3 is 2.47 bits per heavy atom. The van der Waals surface area contributed by atoms with E-state index < -0.39 is 0 Å². The third-order valence-electron chi connectivity index (χ3n) is 5.86. The highest BCUT2D eigenvalue weighted by Gasteiger charge is 2.66. The lowest BCUT2D eigenvalue weighted by Crippen LogP contribution is -2.67. The predicted octanol–water partition coefficient (Wildman–Crippen LogP) is 1.69. The van der Waals surface area contributed by atoms with Gasteiger partial charge in [0.2, 0.25) is 0 Å². The number of piperidine rings is 1. The summed E-state index contributed by atoms with van der Waals surface area (Å²) in [5, 5.41) is 0. The average molecular weight is 267 g/mol. The topological polar surface area (TPSA) is 38.8 Å². The predicted molar refractivity (Wildman–Crippen MR) is 71.8 cm³/mol. The van der Waals surface area contributed by atoms with Gasteiger partial charge in [-0.15, -0.1) is 0 Å². The summed E-state index contributed by atoms with van der Waals surface area (Å²) >= 11 is 0. The van der Waals surface area contributed by atoms with Crippen LogP contribution in [0.1, 0.15) is 32.1 Å². The van der Waals surface area contributed by atoms with Gasteiger partial charge in [-0.05, 0) is 45.2 Å². The van der Waals surface area contributed by atoms with Crippen LogP contribution in [0.2, 0.25) is 0 Å². The zero-order chi connectivity index (χ0) is 13.5. The van der Waals surface area contributed by atoms with E-state index in [-0.39, 0.29) is 16.8 Å². The Morgan fingerprint density at radius 1 is 1.32 bits per heavy atom. The molecule has 0 aromatic carbocycles. The number of nitrogens with zero attached hydrogens (tertiary/aromatic N) is 1. The van der Waals surface area contributed by atoms with Crippen LogP contribution in [0.25, 0.3) is 0 Å². The van der Waals surface area contributed by atoms with E-state index in [1.54, 1.807) is 0 Å². The number of esters is 1. The maximum atomic E-state index is 12.4. The van der Waals surface area contributed by atoms with E-state index in [4.69, 9.17) is 9.47 Å². The van der Waals surface area contributed by atoms with Crippen LogP contribution in [0.15, 0.2) is 0 Å². The number of hydrogen-bond acceptors (Lipinski definition) is 4. The molecule has 1 saturated carbocycles. The fraction of sp³-hybridized carbons (Fsp3) is 0.933. The van der Waals surface area contributed by atoms with Gasteiger partial charge in [0.05, 0.1) is 25.7 Å². The molecule has 3 aliphatic rings. The van der Waals surface area contributed by atoms with Gasteiger partial charge in [-0.2, -0.15) is 0 Å². The summed E-state index contributed by atoms with van der Waals surface area (Å²) in [7, 11) is 3.72. The summed E-state index contributed by atoms with van der Waals surface area (Å²) < 4.78 is 10.7. The molecule has 2 aliphatic heterocycles. The first kappa shape index (κ1) is 13.4. The van der Waals surface area contributed by atoms with E-state index in [0.717, 1.165) is 39.0 Å². The first-order valence-electron chi connectivity index (χ1n) is 7.49. The van der Waals surface area contributed by atoms with Gasteiger partial charge in [0, 0.05) is 12.0 Å². The van der Waals surface area contributed by atoms with Crippen LogP contribution in [0.3, 0.4) is 0 Å². The Kier molecular flexibility index (Phi) is 3.34. The fourth-order valence-corrected chi connectivity index (χ4v) is 4.47. The van der Waals surface area contributed by atoms with Crippen molar-refractivity contribution in [2.45, 2.75) is 32.1 Å². The lowest BCUT2D eigenvalue weighted by molar-refractivity contribution is -0.250. The van der Waals surface area contributed by atoms with Crippen LogP contribution in [0.4, 0.5) is 0 Å². The quantitative estimate of drug-likeness (QED) is 0.729. The summed E-state index contributed by atoms with van der Waals surface area (Å²) in [4.78, 5) is 14.8. The number of carbonyl (C=O) groups is 1. The molecular formula is C15H25NO3. The zero-order valence-corrected chi connectivity index (χ0v) is 12.1. The van der Waals surface area contributed by atoms with Gasteiger partial charge in [-0.3, -0.25) is 4.79 Å². The second kappa shape index (κ2) is 4.74. The van der Waals surface area contributed by atoms with Crippen molar-refractivity contribution in [3.05, 3.63) is 0 Å². The molecule has 3 rings (SSSR count). The highest BCUT2D eigenvalue weighted by atomic mass is 16.5. The SMILES string of the molecule is COC(=O)C1(C2(C3CCCN(C)C3)COC2)CCC1. The van der Waals surface area contributed by atoms with Crippen molar-refractivity contribution in [3.63, 3.8) is 0 Å². The molecule has 1 unspecified atom stereocenters. The zero-order valence-electron chi connectivity index (χ0n) is 12.1. The molecule has 0 spiro atoms. The Hall–Kier alpha value is -0.610. The van der Waals surface area contributed by atoms with E-state index in [1.807, 2.05) is 0 Å². The molecule has 2 saturated heterocycles. The van der Waals surface area contributed by atoms with Crippen molar-refractivity contribution in [2.24, 2.45) is 16.7 Å². The molecule has 4 nitrogen and oxygen atoms in total. The fourth-order valence-electron chi connectivity index (χ4n) is 4.47. The maximum Gasteiger partial charge on any atom is 0.312 e. The smallest absolute Gasteiger partial charge is 0.312 e. The molecule has 0 aromatic rings. The van der Waals surface area contributed by atoms with Crippen LogP contribution in [0.5, 0.6) is 0 Å². The second-order valence-corrected chi connectivity index (χ2v) is 6.68. The molecule has 0 radical (unpaired) electrons. The minimum absolute atomic E-state index is 0.00952. The van der Waals surface area contributed by atoms with Gasteiger partial charge in [0.25, 0.3) is 0 Å². The number of methoxy groups -OCH3 is 1. The molecule has 0 N–H and O–H groups in total. The van der Waals surface area contributed by atoms with Crippen LogP contribution >= 0.6 is 0 Å². The Labute approximate surface area is 115 Å². The summed E-state index contributed by atoms with van der Waals surface area (Å²) in [6.07, 6.45) is 5.60. The van der Waals surface area contributed by atoms with Crippen molar-refractivity contribution in [1.29, 1.82) is 0 Å². The Balaban J connectivity index is 1.87. The Bertz CT molecular complexity index is 360. The number of ether oxygens (including phenoxy) is 2. The molecule has 3 fully saturated rings. The minimum atomic E-state index is -0.247. The van der Waals surface area contributed by atoms with Crippen molar-refractivity contribution < 1.29 is 14.3 Å². The third-order valence-corrected chi connectivity index (χ3v) is 5.86. The highest BCUT2D eigenvalue weighted by molar-refractivity contribution is 5.79. The third kappa shape index (κ3) is 1.76. The molecule has 108 valence electrons. The van der Waals surface area contributed by atoms with E-state index in [9.17, 15) is 4.79 Å². The number of likely N-dealkylation sites (tertiary alicyclic amines) is 1. The lowest BCUT2D eigenvalue weighted by atomic mass is 9.47. The molecule has 0 aromatic heterocycles. The number of carbonyl (C=O) groups excluding carboxylic acids is 1. The van der Waals surface area contributed by atoms with Crippen molar-refractivity contribution in [3.8, 4) is 0 Å². The summed E-state index contributed by atoms with van der Waals surface area (Å²) in [6, 6.07) is 0. The largest absolute Gasteiger partial charge is 0.469 e. The summed E-state index contributed by atoms with van der Waals surface area (Å²) in [6.45, 7) is 3.78. The first-order valence-corrected chi connectivity index (χ1v) is 7.49. The molecule has 2 heterocycles. The van der Waals surface area contributed by atoms with Gasteiger partial charge in [-0.25, -0.2) is 0 Å². The molecule has 19 heavy (non-hydrogen) atoms. The van der Waals surface area contributed by atoms with Crippen molar-refractivity contribution in [1.82, 2.24) is 4.90 Å². The average Bonchev–Trinajstić information content (AvgIpc) is 2.30. The van der Waals surface area contributed by atoms with Gasteiger partial charge >= 0.3 is 5.97 Å². The Morgan fingerprint density at radius 2 is 2.05 bits per heavy atom. The monoisotopic (exact) mass is 267 g/mol. The van der Waals surface area contributed by atoms with E-state index >= 15 is 0 Å².